The van der Waals surface area contributed by atoms with E-state index in [1.54, 1.807) is 0 Å². The third kappa shape index (κ3) is 208. The van der Waals surface area contributed by atoms with Crippen molar-refractivity contribution >= 4 is 0 Å². The quantitative estimate of drug-likeness (QED) is 0.310. The summed E-state index contributed by atoms with van der Waals surface area (Å²) in [4.78, 5) is 0. The topological polar surface area (TPSA) is 189 Å². The van der Waals surface area contributed by atoms with E-state index < -0.39 is 0 Å². The molecule has 0 atom stereocenters. The standard InChI is InChI=1S/6H2O.2Pt/h6*1H2;;/q;;;;;;;+2. The Hall–Kier alpha value is 1.14. The zero-order chi connectivity index (χ0) is 0. The van der Waals surface area contributed by atoms with E-state index in [0.717, 1.165) is 0 Å². The minimum Gasteiger partial charge on any atom is -0.412 e. The van der Waals surface area contributed by atoms with Crippen molar-refractivity contribution < 1.29 is 75.0 Å². The maximum Gasteiger partial charge on any atom is 2.00 e. The SMILES string of the molecule is O.O.O.O.O.O.[Pt+2].[Pt]. The monoisotopic (exact) mass is 498 g/mol. The third-order valence-corrected chi connectivity index (χ3v) is 0. The van der Waals surface area contributed by atoms with Gasteiger partial charge in [0, 0.05) is 21.1 Å². The normalized spacial score (nSPS) is 0. The maximum atomic E-state index is 0. The molecular formula is H12O6Pt2+2. The van der Waals surface area contributed by atoms with Crippen molar-refractivity contribution in [2.24, 2.45) is 0 Å². The molecule has 0 radical (unpaired) electrons. The molecule has 8 heteroatoms. The van der Waals surface area contributed by atoms with Gasteiger partial charge in [-0.15, -0.1) is 0 Å². The zero-order valence-corrected chi connectivity index (χ0v) is 8.18. The van der Waals surface area contributed by atoms with Gasteiger partial charge in [0.05, 0.1) is 0 Å². The van der Waals surface area contributed by atoms with E-state index in [-0.39, 0.29) is 75.0 Å². The molecule has 6 nitrogen and oxygen atoms in total. The van der Waals surface area contributed by atoms with E-state index in [9.17, 15) is 0 Å². The summed E-state index contributed by atoms with van der Waals surface area (Å²) in [6.07, 6.45) is 0. The molecule has 0 unspecified atom stereocenters. The molecule has 66 valence electrons. The van der Waals surface area contributed by atoms with Crippen molar-refractivity contribution in [3.05, 3.63) is 0 Å². The molecular weight excluding hydrogens is 486 g/mol. The molecule has 0 saturated heterocycles. The molecule has 0 heterocycles. The van der Waals surface area contributed by atoms with Crippen molar-refractivity contribution in [2.45, 2.75) is 0 Å². The average Bonchev–Trinajstić information content (AvgIpc) is 0. The molecule has 0 amide bonds. The first kappa shape index (κ1) is 468. The Labute approximate surface area is 75.0 Å². The van der Waals surface area contributed by atoms with Crippen LogP contribution in [0.5, 0.6) is 0 Å². The Morgan fingerprint density at radius 1 is 0.375 bits per heavy atom. The Morgan fingerprint density at radius 2 is 0.375 bits per heavy atom. The fourth-order valence-corrected chi connectivity index (χ4v) is 0. The van der Waals surface area contributed by atoms with Gasteiger partial charge < -0.3 is 32.9 Å². The van der Waals surface area contributed by atoms with Crippen molar-refractivity contribution in [1.82, 2.24) is 0 Å². The van der Waals surface area contributed by atoms with Crippen molar-refractivity contribution in [1.29, 1.82) is 0 Å². The van der Waals surface area contributed by atoms with Crippen LogP contribution in [0.25, 0.3) is 0 Å². The van der Waals surface area contributed by atoms with Gasteiger partial charge in [-0.1, -0.05) is 0 Å². The molecule has 0 aromatic rings. The smallest absolute Gasteiger partial charge is 0.412 e. The molecule has 0 aliphatic carbocycles. The van der Waals surface area contributed by atoms with Crippen molar-refractivity contribution in [3.63, 3.8) is 0 Å². The molecule has 0 aromatic heterocycles. The summed E-state index contributed by atoms with van der Waals surface area (Å²) in [5, 5.41) is 0. The van der Waals surface area contributed by atoms with E-state index in [2.05, 4.69) is 0 Å². The van der Waals surface area contributed by atoms with Gasteiger partial charge in [-0.2, -0.15) is 0 Å². The Bertz CT molecular complexity index is 6.49. The number of hydrogen-bond acceptors (Lipinski definition) is 0. The van der Waals surface area contributed by atoms with E-state index in [1.807, 2.05) is 0 Å². The van der Waals surface area contributed by atoms with Crippen LogP contribution < -0.4 is 0 Å². The molecule has 0 bridgehead atoms. The van der Waals surface area contributed by atoms with Crippen LogP contribution in [0.15, 0.2) is 0 Å². The second kappa shape index (κ2) is 321. The summed E-state index contributed by atoms with van der Waals surface area (Å²) in [6.45, 7) is 0. The molecule has 0 aromatic carbocycles. The second-order valence-electron chi connectivity index (χ2n) is 0. The fraction of sp³-hybridized carbons (Fsp3) is 0. The molecule has 12 N–H and O–H groups in total. The van der Waals surface area contributed by atoms with Crippen LogP contribution in [0.1, 0.15) is 0 Å². The number of rotatable bonds is 0. The summed E-state index contributed by atoms with van der Waals surface area (Å²) in [5.41, 5.74) is 0. The molecule has 0 aliphatic heterocycles. The van der Waals surface area contributed by atoms with Gasteiger partial charge in [0.15, 0.2) is 0 Å². The van der Waals surface area contributed by atoms with Crippen LogP contribution in [0.4, 0.5) is 0 Å². The molecule has 8 heavy (non-hydrogen) atoms. The zero-order valence-electron chi connectivity index (χ0n) is 3.63. The van der Waals surface area contributed by atoms with E-state index >= 15 is 0 Å². The first-order valence-corrected chi connectivity index (χ1v) is 0. The average molecular weight is 498 g/mol. The van der Waals surface area contributed by atoms with Gasteiger partial charge in [-0.25, -0.2) is 0 Å². The van der Waals surface area contributed by atoms with Crippen LogP contribution in [-0.2, 0) is 42.1 Å². The van der Waals surface area contributed by atoms with Crippen LogP contribution in [0, 0.1) is 0 Å². The van der Waals surface area contributed by atoms with Crippen molar-refractivity contribution in [3.8, 4) is 0 Å². The molecule has 0 saturated carbocycles. The van der Waals surface area contributed by atoms with E-state index in [4.69, 9.17) is 0 Å². The van der Waals surface area contributed by atoms with Gasteiger partial charge in [0.1, 0.15) is 0 Å². The van der Waals surface area contributed by atoms with E-state index in [0.29, 0.717) is 0 Å². The van der Waals surface area contributed by atoms with E-state index in [1.165, 1.54) is 0 Å². The first-order valence-electron chi connectivity index (χ1n) is 0. The Balaban J connectivity index is 0. The summed E-state index contributed by atoms with van der Waals surface area (Å²) in [5.74, 6) is 0. The van der Waals surface area contributed by atoms with Crippen LogP contribution in [0.3, 0.4) is 0 Å². The predicted molar refractivity (Wildman–Crippen MR) is 21.7 cm³/mol. The van der Waals surface area contributed by atoms with Crippen LogP contribution >= 0.6 is 0 Å². The van der Waals surface area contributed by atoms with Gasteiger partial charge in [-0.05, 0) is 0 Å². The summed E-state index contributed by atoms with van der Waals surface area (Å²) in [6, 6.07) is 0. The first-order chi connectivity index (χ1) is 0. The van der Waals surface area contributed by atoms with Gasteiger partial charge in [0.2, 0.25) is 0 Å². The fourth-order valence-electron chi connectivity index (χ4n) is 0. The van der Waals surface area contributed by atoms with Crippen molar-refractivity contribution in [2.75, 3.05) is 0 Å². The molecule has 0 rings (SSSR count). The minimum atomic E-state index is 0. The Kier molecular flexibility index (Phi) is 18800. The molecule has 0 spiro atoms. The third-order valence-electron chi connectivity index (χ3n) is 0. The van der Waals surface area contributed by atoms with Gasteiger partial charge in [-0.3, -0.25) is 0 Å². The van der Waals surface area contributed by atoms with Crippen LogP contribution in [-0.4, -0.2) is 32.9 Å². The maximum absolute atomic E-state index is 0. The largest absolute Gasteiger partial charge is 2.00 e. The summed E-state index contributed by atoms with van der Waals surface area (Å²) < 4.78 is 0. The molecule has 0 aliphatic rings. The summed E-state index contributed by atoms with van der Waals surface area (Å²) >= 11 is 0. The summed E-state index contributed by atoms with van der Waals surface area (Å²) in [7, 11) is 0. The second-order valence-corrected chi connectivity index (χ2v) is 0. The minimum absolute atomic E-state index is 0. The van der Waals surface area contributed by atoms with Gasteiger partial charge in [0.25, 0.3) is 0 Å². The Morgan fingerprint density at radius 3 is 0.375 bits per heavy atom. The van der Waals surface area contributed by atoms with Gasteiger partial charge >= 0.3 is 21.1 Å². The van der Waals surface area contributed by atoms with Crippen LogP contribution in [0.2, 0.25) is 0 Å². The predicted octanol–water partition coefficient (Wildman–Crippen LogP) is -4.95. The molecule has 0 fully saturated rings. The number of hydrogen-bond donors (Lipinski definition) is 0.